The molecule has 1 aliphatic rings. The molecule has 1 aliphatic heterocycles. The van der Waals surface area contributed by atoms with Gasteiger partial charge in [-0.15, -0.1) is 0 Å². The molecule has 1 atom stereocenters. The molecule has 0 spiro atoms. The zero-order valence-corrected chi connectivity index (χ0v) is 15.0. The number of nitrogens with zero attached hydrogens (tertiary/aromatic N) is 1. The average Bonchev–Trinajstić information content (AvgIpc) is 2.67. The predicted molar refractivity (Wildman–Crippen MR) is 96.9 cm³/mol. The van der Waals surface area contributed by atoms with E-state index >= 15 is 0 Å². The fourth-order valence-electron chi connectivity index (χ4n) is 3.11. The first-order chi connectivity index (χ1) is 12.6. The van der Waals surface area contributed by atoms with Gasteiger partial charge in [-0.1, -0.05) is 0 Å². The quantitative estimate of drug-likeness (QED) is 0.878. The van der Waals surface area contributed by atoms with Crippen LogP contribution in [0.1, 0.15) is 17.2 Å². The first-order valence-electron chi connectivity index (χ1n) is 8.19. The zero-order valence-electron chi connectivity index (χ0n) is 15.0. The minimum atomic E-state index is -0.856. The van der Waals surface area contributed by atoms with Crippen LogP contribution in [0.25, 0.3) is 0 Å². The maximum absolute atomic E-state index is 12.6. The van der Waals surface area contributed by atoms with E-state index in [-0.39, 0.29) is 12.6 Å². The molecular formula is C19H22N2O5. The molecule has 138 valence electrons. The van der Waals surface area contributed by atoms with E-state index in [2.05, 4.69) is 5.32 Å². The smallest absolute Gasteiger partial charge is 0.322 e. The topological polar surface area (TPSA) is 80.3 Å². The van der Waals surface area contributed by atoms with Crippen molar-refractivity contribution in [2.45, 2.75) is 12.6 Å². The van der Waals surface area contributed by atoms with E-state index in [1.165, 1.54) is 0 Å². The lowest BCUT2D eigenvalue weighted by atomic mass is 9.95. The molecule has 0 bridgehead atoms. The molecule has 2 N–H and O–H groups in total. The number of rotatable bonds is 4. The second kappa shape index (κ2) is 7.53. The molecule has 0 aromatic heterocycles. The summed E-state index contributed by atoms with van der Waals surface area (Å²) < 4.78 is 15.9. The minimum Gasteiger partial charge on any atom is -0.497 e. The number of benzene rings is 2. The number of nitrogens with one attached hydrogen (secondary N) is 1. The van der Waals surface area contributed by atoms with Gasteiger partial charge in [0.25, 0.3) is 0 Å². The number of urea groups is 1. The standard InChI is InChI=1S/C19H22N2O5/c1-24-13-6-4-12(5-7-13)20-19(23)21-10-14-16(25-2)8-9-17(26-3)18(14)15(22)11-21/h4-9,15,22H,10-11H2,1-3H3,(H,20,23)/t15-/m0/s1. The average molecular weight is 358 g/mol. The Kier molecular flexibility index (Phi) is 5.18. The van der Waals surface area contributed by atoms with Gasteiger partial charge in [-0.3, -0.25) is 0 Å². The van der Waals surface area contributed by atoms with Crippen molar-refractivity contribution in [3.05, 3.63) is 47.5 Å². The van der Waals surface area contributed by atoms with E-state index in [1.54, 1.807) is 62.6 Å². The normalized spacial score (nSPS) is 15.8. The minimum absolute atomic E-state index is 0.165. The lowest BCUT2D eigenvalue weighted by Crippen LogP contribution is -2.41. The highest BCUT2D eigenvalue weighted by Crippen LogP contribution is 2.39. The highest BCUT2D eigenvalue weighted by molar-refractivity contribution is 5.89. The predicted octanol–water partition coefficient (Wildman–Crippen LogP) is 2.79. The molecule has 0 fully saturated rings. The summed E-state index contributed by atoms with van der Waals surface area (Å²) in [5.74, 6) is 1.91. The van der Waals surface area contributed by atoms with E-state index in [1.807, 2.05) is 0 Å². The van der Waals surface area contributed by atoms with Gasteiger partial charge in [0.1, 0.15) is 23.4 Å². The number of aliphatic hydroxyl groups excluding tert-OH is 1. The van der Waals surface area contributed by atoms with Crippen molar-refractivity contribution >= 4 is 11.7 Å². The van der Waals surface area contributed by atoms with Gasteiger partial charge in [0.05, 0.1) is 34.4 Å². The number of methoxy groups -OCH3 is 3. The molecule has 7 heteroatoms. The molecule has 0 radical (unpaired) electrons. The Bertz CT molecular complexity index is 791. The zero-order chi connectivity index (χ0) is 18.7. The van der Waals surface area contributed by atoms with Gasteiger partial charge >= 0.3 is 6.03 Å². The Hall–Kier alpha value is -2.93. The first-order valence-corrected chi connectivity index (χ1v) is 8.19. The Balaban J connectivity index is 1.82. The fraction of sp³-hybridized carbons (Fsp3) is 0.316. The Morgan fingerprint density at radius 2 is 1.69 bits per heavy atom. The summed E-state index contributed by atoms with van der Waals surface area (Å²) in [5, 5.41) is 13.4. The van der Waals surface area contributed by atoms with Crippen LogP contribution in [0.15, 0.2) is 36.4 Å². The second-order valence-corrected chi connectivity index (χ2v) is 5.92. The highest BCUT2D eigenvalue weighted by Gasteiger charge is 2.31. The first kappa shape index (κ1) is 17.9. The van der Waals surface area contributed by atoms with Crippen molar-refractivity contribution in [3.63, 3.8) is 0 Å². The summed E-state index contributed by atoms with van der Waals surface area (Å²) in [6.45, 7) is 0.479. The van der Waals surface area contributed by atoms with Crippen molar-refractivity contribution in [1.29, 1.82) is 0 Å². The number of carbonyl (C=O) groups excluding carboxylic acids is 1. The van der Waals surface area contributed by atoms with Crippen LogP contribution < -0.4 is 19.5 Å². The lowest BCUT2D eigenvalue weighted by Gasteiger charge is -2.34. The van der Waals surface area contributed by atoms with Crippen LogP contribution in [-0.2, 0) is 6.54 Å². The molecule has 3 rings (SSSR count). The maximum atomic E-state index is 12.6. The second-order valence-electron chi connectivity index (χ2n) is 5.92. The third kappa shape index (κ3) is 3.39. The van der Waals surface area contributed by atoms with Crippen LogP contribution in [0, 0.1) is 0 Å². The van der Waals surface area contributed by atoms with Gasteiger partial charge in [-0.05, 0) is 36.4 Å². The van der Waals surface area contributed by atoms with Crippen LogP contribution in [0.2, 0.25) is 0 Å². The maximum Gasteiger partial charge on any atom is 0.322 e. The van der Waals surface area contributed by atoms with Gasteiger partial charge in [0.15, 0.2) is 0 Å². The van der Waals surface area contributed by atoms with Crippen molar-refractivity contribution in [2.75, 3.05) is 33.2 Å². The summed E-state index contributed by atoms with van der Waals surface area (Å²) in [6.07, 6.45) is -0.856. The van der Waals surface area contributed by atoms with Crippen LogP contribution in [0.3, 0.4) is 0 Å². The van der Waals surface area contributed by atoms with Crippen LogP contribution >= 0.6 is 0 Å². The van der Waals surface area contributed by atoms with Gasteiger partial charge in [0.2, 0.25) is 0 Å². The van der Waals surface area contributed by atoms with E-state index in [9.17, 15) is 9.90 Å². The van der Waals surface area contributed by atoms with Gasteiger partial charge in [0, 0.05) is 16.8 Å². The third-order valence-corrected chi connectivity index (χ3v) is 4.42. The molecule has 2 aromatic rings. The number of ether oxygens (including phenoxy) is 3. The summed E-state index contributed by atoms with van der Waals surface area (Å²) >= 11 is 0. The molecule has 0 saturated carbocycles. The van der Waals surface area contributed by atoms with Crippen LogP contribution in [0.5, 0.6) is 17.2 Å². The van der Waals surface area contributed by atoms with Crippen LogP contribution in [-0.4, -0.2) is 43.9 Å². The SMILES string of the molecule is COc1ccc(NC(=O)N2Cc3c(OC)ccc(OC)c3[C@@H](O)C2)cc1. The summed E-state index contributed by atoms with van der Waals surface area (Å²) in [5.41, 5.74) is 2.06. The number of hydrogen-bond acceptors (Lipinski definition) is 5. The third-order valence-electron chi connectivity index (χ3n) is 4.42. The molecule has 7 nitrogen and oxygen atoms in total. The lowest BCUT2D eigenvalue weighted by molar-refractivity contribution is 0.105. The summed E-state index contributed by atoms with van der Waals surface area (Å²) in [4.78, 5) is 14.2. The number of fused-ring (bicyclic) bond motifs is 1. The molecule has 2 aromatic carbocycles. The number of aliphatic hydroxyl groups is 1. The number of carbonyl (C=O) groups is 1. The Morgan fingerprint density at radius 3 is 2.31 bits per heavy atom. The van der Waals surface area contributed by atoms with Gasteiger partial charge in [-0.2, -0.15) is 0 Å². The fourth-order valence-corrected chi connectivity index (χ4v) is 3.11. The largest absolute Gasteiger partial charge is 0.497 e. The molecule has 26 heavy (non-hydrogen) atoms. The van der Waals surface area contributed by atoms with Crippen LogP contribution in [0.4, 0.5) is 10.5 Å². The molecule has 0 unspecified atom stereocenters. The van der Waals surface area contributed by atoms with Crippen molar-refractivity contribution in [3.8, 4) is 17.2 Å². The highest BCUT2D eigenvalue weighted by atomic mass is 16.5. The summed E-state index contributed by atoms with van der Waals surface area (Å²) in [6, 6.07) is 10.3. The monoisotopic (exact) mass is 358 g/mol. The number of β-amino-alcohol motifs (C(OH)–C–C–N with tert-alkyl or cyclic N) is 1. The Morgan fingerprint density at radius 1 is 1.04 bits per heavy atom. The molecule has 0 saturated heterocycles. The van der Waals surface area contributed by atoms with Crippen molar-refractivity contribution in [1.82, 2.24) is 4.90 Å². The van der Waals surface area contributed by atoms with E-state index in [0.717, 1.165) is 5.56 Å². The number of anilines is 1. The molecule has 0 aliphatic carbocycles. The van der Waals surface area contributed by atoms with Gasteiger partial charge in [-0.25, -0.2) is 4.79 Å². The number of hydrogen-bond donors (Lipinski definition) is 2. The molecule has 2 amide bonds. The number of amides is 2. The van der Waals surface area contributed by atoms with E-state index in [0.29, 0.717) is 35.0 Å². The van der Waals surface area contributed by atoms with E-state index in [4.69, 9.17) is 14.2 Å². The van der Waals surface area contributed by atoms with E-state index < -0.39 is 6.10 Å². The molecule has 1 heterocycles. The van der Waals surface area contributed by atoms with Crippen molar-refractivity contribution in [2.24, 2.45) is 0 Å². The van der Waals surface area contributed by atoms with Gasteiger partial charge < -0.3 is 29.5 Å². The Labute approximate surface area is 152 Å². The summed E-state index contributed by atoms with van der Waals surface area (Å²) in [7, 11) is 4.70. The molecular weight excluding hydrogens is 336 g/mol. The van der Waals surface area contributed by atoms with Crippen molar-refractivity contribution < 1.29 is 24.1 Å².